The van der Waals surface area contributed by atoms with Crippen LogP contribution in [0.2, 0.25) is 0 Å². The number of phosphoric ester groups is 1. The average molecular weight is 597 g/mol. The Morgan fingerprint density at radius 1 is 0.575 bits per heavy atom. The Morgan fingerprint density at radius 2 is 0.875 bits per heavy atom. The average Bonchev–Trinajstić information content (AvgIpc) is 2.93. The highest BCUT2D eigenvalue weighted by atomic mass is 31.2. The van der Waals surface area contributed by atoms with Crippen LogP contribution in [0.15, 0.2) is 0 Å². The van der Waals surface area contributed by atoms with Crippen molar-refractivity contribution in [2.75, 3.05) is 26.4 Å². The summed E-state index contributed by atoms with van der Waals surface area (Å²) < 4.78 is 32.1. The number of aliphatic hydroxyl groups excluding tert-OH is 2. The fraction of sp³-hybridized carbons (Fsp3) is 0.931. The van der Waals surface area contributed by atoms with E-state index < -0.39 is 58.4 Å². The molecule has 0 fully saturated rings. The molecule has 0 aromatic rings. The van der Waals surface area contributed by atoms with Gasteiger partial charge in [-0.2, -0.15) is 0 Å². The highest BCUT2D eigenvalue weighted by Gasteiger charge is 2.27. The van der Waals surface area contributed by atoms with E-state index in [1.54, 1.807) is 0 Å². The van der Waals surface area contributed by atoms with Crippen molar-refractivity contribution in [3.8, 4) is 0 Å². The van der Waals surface area contributed by atoms with Gasteiger partial charge < -0.3 is 24.6 Å². The van der Waals surface area contributed by atoms with Crippen LogP contribution in [0.25, 0.3) is 0 Å². The van der Waals surface area contributed by atoms with Crippen LogP contribution in [0.5, 0.6) is 0 Å². The molecule has 3 N–H and O–H groups in total. The lowest BCUT2D eigenvalue weighted by Crippen LogP contribution is -2.28. The van der Waals surface area contributed by atoms with Crippen molar-refractivity contribution >= 4 is 19.8 Å². The number of rotatable bonds is 29. The van der Waals surface area contributed by atoms with E-state index >= 15 is 0 Å². The van der Waals surface area contributed by atoms with Crippen molar-refractivity contribution in [3.05, 3.63) is 0 Å². The van der Waals surface area contributed by atoms with Gasteiger partial charge in [0.05, 0.1) is 26.4 Å². The molecule has 10 nitrogen and oxygen atoms in total. The molecule has 0 saturated heterocycles. The predicted octanol–water partition coefficient (Wildman–Crippen LogP) is 6.38. The van der Waals surface area contributed by atoms with Crippen LogP contribution in [0, 0.1) is 0 Å². The Labute approximate surface area is 242 Å². The van der Waals surface area contributed by atoms with Crippen LogP contribution in [0.3, 0.4) is 0 Å². The van der Waals surface area contributed by atoms with Crippen molar-refractivity contribution < 1.29 is 47.8 Å². The molecular weight excluding hydrogens is 539 g/mol. The predicted molar refractivity (Wildman–Crippen MR) is 155 cm³/mol. The van der Waals surface area contributed by atoms with Gasteiger partial charge >= 0.3 is 19.8 Å². The van der Waals surface area contributed by atoms with E-state index in [9.17, 15) is 29.3 Å². The van der Waals surface area contributed by atoms with Crippen molar-refractivity contribution in [1.29, 1.82) is 0 Å². The summed E-state index contributed by atoms with van der Waals surface area (Å²) in [7, 11) is -4.60. The number of carbonyl (C=O) groups excluding carboxylic acids is 2. The lowest BCUT2D eigenvalue weighted by Gasteiger charge is -2.20. The number of ether oxygens (including phenoxy) is 2. The molecule has 3 unspecified atom stereocenters. The van der Waals surface area contributed by atoms with Gasteiger partial charge in [0.15, 0.2) is 0 Å². The summed E-state index contributed by atoms with van der Waals surface area (Å²) >= 11 is 0. The maximum Gasteiger partial charge on any atom is 0.472 e. The summed E-state index contributed by atoms with van der Waals surface area (Å²) in [5, 5.41) is 18.9. The molecule has 0 aromatic carbocycles. The third-order valence-electron chi connectivity index (χ3n) is 6.57. The van der Waals surface area contributed by atoms with Gasteiger partial charge in [-0.1, -0.05) is 110 Å². The maximum atomic E-state index is 12.2. The number of esters is 2. The van der Waals surface area contributed by atoms with Gasteiger partial charge in [-0.25, -0.2) is 4.57 Å². The molecule has 0 aliphatic heterocycles. The minimum atomic E-state index is -4.60. The Balaban J connectivity index is 4.06. The summed E-state index contributed by atoms with van der Waals surface area (Å²) in [5.41, 5.74) is 0. The van der Waals surface area contributed by atoms with Crippen LogP contribution in [0.4, 0.5) is 0 Å². The number of hydrogen-bond donors (Lipinski definition) is 3. The maximum absolute atomic E-state index is 12.2. The van der Waals surface area contributed by atoms with Crippen LogP contribution < -0.4 is 0 Å². The van der Waals surface area contributed by atoms with E-state index in [4.69, 9.17) is 18.5 Å². The van der Waals surface area contributed by atoms with Crippen molar-refractivity contribution in [1.82, 2.24) is 0 Å². The smallest absolute Gasteiger partial charge is 0.457 e. The lowest BCUT2D eigenvalue weighted by molar-refractivity contribution is -0.153. The quantitative estimate of drug-likeness (QED) is 0.0504. The first-order valence-electron chi connectivity index (χ1n) is 15.5. The summed E-state index contributed by atoms with van der Waals surface area (Å²) in [6.07, 6.45) is 17.0. The fourth-order valence-electron chi connectivity index (χ4n) is 4.11. The molecule has 0 saturated carbocycles. The molecule has 0 rings (SSSR count). The first-order chi connectivity index (χ1) is 19.3. The zero-order valence-electron chi connectivity index (χ0n) is 25.1. The third kappa shape index (κ3) is 24.7. The van der Waals surface area contributed by atoms with Crippen molar-refractivity contribution in [2.45, 2.75) is 148 Å². The molecular formula is C29H57O10P. The monoisotopic (exact) mass is 596 g/mol. The Hall–Kier alpha value is -1.03. The van der Waals surface area contributed by atoms with Crippen molar-refractivity contribution in [2.24, 2.45) is 0 Å². The summed E-state index contributed by atoms with van der Waals surface area (Å²) in [6, 6.07) is 0. The molecule has 238 valence electrons. The summed E-state index contributed by atoms with van der Waals surface area (Å²) in [4.78, 5) is 33.9. The number of hydrogen-bond acceptors (Lipinski definition) is 9. The second-order valence-electron chi connectivity index (χ2n) is 10.5. The molecule has 0 spiro atoms. The second-order valence-corrected chi connectivity index (χ2v) is 11.9. The minimum Gasteiger partial charge on any atom is -0.457 e. The Kier molecular flexibility index (Phi) is 26.2. The molecule has 0 heterocycles. The van der Waals surface area contributed by atoms with Gasteiger partial charge in [0.1, 0.15) is 12.2 Å². The van der Waals surface area contributed by atoms with Gasteiger partial charge in [-0.3, -0.25) is 18.6 Å². The van der Waals surface area contributed by atoms with Crippen LogP contribution in [-0.2, 0) is 32.7 Å². The van der Waals surface area contributed by atoms with E-state index in [0.717, 1.165) is 44.9 Å². The minimum absolute atomic E-state index is 0.193. The van der Waals surface area contributed by atoms with Crippen LogP contribution >= 0.6 is 7.82 Å². The van der Waals surface area contributed by atoms with E-state index in [2.05, 4.69) is 13.8 Å². The standard InChI is InChI=1S/C29H57O10P/c1-3-5-7-9-11-12-13-14-15-17-19-21-29(33)39-27(23-31)25-37-40(34,35)36-24-26(22-30)38-28(32)20-18-16-10-8-6-4-2/h26-27,30-31H,3-25H2,1-2H3,(H,34,35). The fourth-order valence-corrected chi connectivity index (χ4v) is 4.90. The number of aliphatic hydroxyl groups is 2. The first-order valence-corrected chi connectivity index (χ1v) is 17.0. The zero-order chi connectivity index (χ0) is 29.9. The summed E-state index contributed by atoms with van der Waals surface area (Å²) in [6.45, 7) is 2.08. The van der Waals surface area contributed by atoms with E-state index in [0.29, 0.717) is 12.8 Å². The Morgan fingerprint density at radius 3 is 1.18 bits per heavy atom. The number of carbonyl (C=O) groups is 2. The lowest BCUT2D eigenvalue weighted by atomic mass is 10.1. The van der Waals surface area contributed by atoms with E-state index in [-0.39, 0.29) is 12.8 Å². The largest absolute Gasteiger partial charge is 0.472 e. The number of unbranched alkanes of at least 4 members (excludes halogenated alkanes) is 15. The van der Waals surface area contributed by atoms with Crippen LogP contribution in [0.1, 0.15) is 136 Å². The zero-order valence-corrected chi connectivity index (χ0v) is 26.0. The van der Waals surface area contributed by atoms with Gasteiger partial charge in [0.2, 0.25) is 0 Å². The normalized spacial score (nSPS) is 14.4. The highest BCUT2D eigenvalue weighted by molar-refractivity contribution is 7.47. The molecule has 0 aromatic heterocycles. The molecule has 0 amide bonds. The molecule has 40 heavy (non-hydrogen) atoms. The molecule has 0 aliphatic rings. The van der Waals surface area contributed by atoms with E-state index in [1.807, 2.05) is 0 Å². The molecule has 0 radical (unpaired) electrons. The topological polar surface area (TPSA) is 149 Å². The summed E-state index contributed by atoms with van der Waals surface area (Å²) in [5.74, 6) is -1.03. The molecule has 3 atom stereocenters. The van der Waals surface area contributed by atoms with E-state index in [1.165, 1.54) is 51.4 Å². The molecule has 0 bridgehead atoms. The number of phosphoric acid groups is 1. The van der Waals surface area contributed by atoms with Gasteiger partial charge in [-0.15, -0.1) is 0 Å². The van der Waals surface area contributed by atoms with Crippen molar-refractivity contribution in [3.63, 3.8) is 0 Å². The SMILES string of the molecule is CCCCCCCCCCCCCC(=O)OC(CO)COP(=O)(O)OCC(CO)OC(=O)CCCCCCCC. The van der Waals surface area contributed by atoms with Gasteiger partial charge in [0.25, 0.3) is 0 Å². The molecule has 0 aliphatic carbocycles. The Bertz CT molecular complexity index is 661. The first kappa shape index (κ1) is 39.0. The molecule has 11 heteroatoms. The highest BCUT2D eigenvalue weighted by Crippen LogP contribution is 2.43. The van der Waals surface area contributed by atoms with Crippen LogP contribution in [-0.4, -0.2) is 65.7 Å². The van der Waals surface area contributed by atoms with Gasteiger partial charge in [-0.05, 0) is 12.8 Å². The van der Waals surface area contributed by atoms with Gasteiger partial charge in [0, 0.05) is 12.8 Å². The third-order valence-corrected chi connectivity index (χ3v) is 7.52. The second kappa shape index (κ2) is 26.8.